The molecule has 1 aliphatic carbocycles. The first-order valence-electron chi connectivity index (χ1n) is 9.10. The van der Waals surface area contributed by atoms with Crippen molar-refractivity contribution in [3.05, 3.63) is 60.0 Å². The molecule has 3 aromatic heterocycles. The van der Waals surface area contributed by atoms with Gasteiger partial charge in [-0.3, -0.25) is 9.97 Å². The Labute approximate surface area is 166 Å². The fourth-order valence-electron chi connectivity index (χ4n) is 3.93. The Kier molecular flexibility index (Phi) is 4.31. The van der Waals surface area contributed by atoms with Gasteiger partial charge < -0.3 is 9.64 Å². The molecule has 2 fully saturated rings. The fraction of sp³-hybridized carbons (Fsp3) is 0.300. The van der Waals surface area contributed by atoms with Crippen LogP contribution < -0.4 is 9.64 Å². The summed E-state index contributed by atoms with van der Waals surface area (Å²) in [5.41, 5.74) is 0.997. The number of hydrogen-bond donors (Lipinski definition) is 0. The third-order valence-corrected chi connectivity index (χ3v) is 5.68. The minimum absolute atomic E-state index is 0.385. The average Bonchev–Trinajstić information content (AvgIpc) is 3.16. The highest BCUT2D eigenvalue weighted by molar-refractivity contribution is 6.30. The van der Waals surface area contributed by atoms with E-state index >= 15 is 0 Å². The third kappa shape index (κ3) is 3.26. The molecular formula is C20H17ClFN5O. The van der Waals surface area contributed by atoms with Crippen LogP contribution in [0.5, 0.6) is 5.75 Å². The van der Waals surface area contributed by atoms with Gasteiger partial charge in [0.05, 0.1) is 42.1 Å². The predicted octanol–water partition coefficient (Wildman–Crippen LogP) is 3.49. The van der Waals surface area contributed by atoms with Crippen molar-refractivity contribution in [2.45, 2.75) is 0 Å². The molecule has 1 aliphatic heterocycles. The Hall–Kier alpha value is -2.80. The molecular weight excluding hydrogens is 381 g/mol. The predicted molar refractivity (Wildman–Crippen MR) is 103 cm³/mol. The van der Waals surface area contributed by atoms with E-state index in [1.54, 1.807) is 36.9 Å². The van der Waals surface area contributed by atoms with Gasteiger partial charge in [-0.1, -0.05) is 11.6 Å². The summed E-state index contributed by atoms with van der Waals surface area (Å²) < 4.78 is 19.7. The van der Waals surface area contributed by atoms with Gasteiger partial charge in [0.25, 0.3) is 0 Å². The van der Waals surface area contributed by atoms with Crippen molar-refractivity contribution in [2.75, 3.05) is 24.6 Å². The summed E-state index contributed by atoms with van der Waals surface area (Å²) in [4.78, 5) is 18.8. The molecule has 4 heterocycles. The second kappa shape index (κ2) is 6.98. The highest BCUT2D eigenvalue weighted by atomic mass is 35.5. The molecule has 0 N–H and O–H groups in total. The van der Waals surface area contributed by atoms with Crippen LogP contribution in [0, 0.1) is 23.6 Å². The number of aromatic nitrogens is 4. The van der Waals surface area contributed by atoms with Crippen LogP contribution in [0.25, 0.3) is 11.3 Å². The highest BCUT2D eigenvalue weighted by Crippen LogP contribution is 2.52. The van der Waals surface area contributed by atoms with Gasteiger partial charge >= 0.3 is 0 Å². The molecule has 1 saturated carbocycles. The van der Waals surface area contributed by atoms with Gasteiger partial charge in [0.2, 0.25) is 5.95 Å². The molecule has 2 aliphatic rings. The van der Waals surface area contributed by atoms with Gasteiger partial charge in [-0.05, 0) is 30.0 Å². The molecule has 3 atom stereocenters. The normalized spacial score (nSPS) is 22.8. The number of fused-ring (bicyclic) bond motifs is 1. The zero-order chi connectivity index (χ0) is 19.1. The van der Waals surface area contributed by atoms with Gasteiger partial charge in [-0.25, -0.2) is 14.4 Å². The second-order valence-electron chi connectivity index (χ2n) is 7.14. The van der Waals surface area contributed by atoms with E-state index in [2.05, 4.69) is 24.8 Å². The topological polar surface area (TPSA) is 64.0 Å². The highest BCUT2D eigenvalue weighted by Gasteiger charge is 2.56. The van der Waals surface area contributed by atoms with Crippen molar-refractivity contribution >= 4 is 17.5 Å². The number of piperidine rings is 1. The van der Waals surface area contributed by atoms with E-state index in [-0.39, 0.29) is 5.82 Å². The van der Waals surface area contributed by atoms with E-state index < -0.39 is 0 Å². The summed E-state index contributed by atoms with van der Waals surface area (Å²) in [5.74, 6) is 2.81. The molecule has 28 heavy (non-hydrogen) atoms. The smallest absolute Gasteiger partial charge is 0.225 e. The zero-order valence-corrected chi connectivity index (χ0v) is 15.6. The number of nitrogens with zero attached hydrogens (tertiary/aromatic N) is 5. The number of halogens is 2. The Balaban J connectivity index is 1.15. The fourth-order valence-corrected chi connectivity index (χ4v) is 4.03. The Bertz CT molecular complexity index is 973. The Morgan fingerprint density at radius 1 is 1.04 bits per heavy atom. The largest absolute Gasteiger partial charge is 0.492 e. The van der Waals surface area contributed by atoms with E-state index in [0.717, 1.165) is 19.0 Å². The van der Waals surface area contributed by atoms with E-state index in [4.69, 9.17) is 16.3 Å². The van der Waals surface area contributed by atoms with Crippen LogP contribution in [0.15, 0.2) is 49.2 Å². The summed E-state index contributed by atoms with van der Waals surface area (Å²) in [7, 11) is 0. The van der Waals surface area contributed by atoms with Gasteiger partial charge in [0.15, 0.2) is 5.82 Å². The summed E-state index contributed by atoms with van der Waals surface area (Å²) >= 11 is 5.84. The van der Waals surface area contributed by atoms with Crippen molar-refractivity contribution in [3.63, 3.8) is 0 Å². The van der Waals surface area contributed by atoms with Crippen LogP contribution in [0.1, 0.15) is 0 Å². The first-order valence-corrected chi connectivity index (χ1v) is 9.48. The molecule has 0 radical (unpaired) electrons. The molecule has 142 valence electrons. The second-order valence-corrected chi connectivity index (χ2v) is 7.58. The maximum atomic E-state index is 13.8. The first-order chi connectivity index (χ1) is 13.7. The molecule has 3 aromatic rings. The lowest BCUT2D eigenvalue weighted by Gasteiger charge is -2.19. The lowest BCUT2D eigenvalue weighted by molar-refractivity contribution is 0.282. The quantitative estimate of drug-likeness (QED) is 0.656. The van der Waals surface area contributed by atoms with Gasteiger partial charge in [0.1, 0.15) is 5.75 Å². The molecule has 0 aromatic carbocycles. The standard InChI is InChI=1S/C20H17ClFN5O/c21-12-5-25-20(26-6-12)27-9-15-16(10-27)17(15)11-28-13-1-2-19(24-7-13)14-3-4-23-8-18(14)22/h1-8,15-17H,9-11H2/t15-,16?,17+/m1/s1. The number of ether oxygens (including phenoxy) is 1. The number of pyridine rings is 2. The molecule has 0 bridgehead atoms. The molecule has 6 nitrogen and oxygen atoms in total. The summed E-state index contributed by atoms with van der Waals surface area (Å²) in [6.45, 7) is 2.55. The summed E-state index contributed by atoms with van der Waals surface area (Å²) in [5, 5.41) is 0.547. The van der Waals surface area contributed by atoms with Crippen molar-refractivity contribution in [1.82, 2.24) is 19.9 Å². The number of rotatable bonds is 5. The molecule has 1 saturated heterocycles. The number of hydrogen-bond acceptors (Lipinski definition) is 6. The van der Waals surface area contributed by atoms with Gasteiger partial charge in [0, 0.05) is 30.8 Å². The van der Waals surface area contributed by atoms with Crippen LogP contribution in [0.4, 0.5) is 10.3 Å². The summed E-state index contributed by atoms with van der Waals surface area (Å²) in [6.07, 6.45) is 7.63. The minimum atomic E-state index is -0.385. The maximum absolute atomic E-state index is 13.8. The lowest BCUT2D eigenvalue weighted by Crippen LogP contribution is -2.27. The van der Waals surface area contributed by atoms with Crippen molar-refractivity contribution in [2.24, 2.45) is 17.8 Å². The average molecular weight is 398 g/mol. The SMILES string of the molecule is Fc1cnccc1-c1ccc(OC[C@@H]2C3CN(c4ncc(Cl)cn4)C[C@H]32)cn1. The minimum Gasteiger partial charge on any atom is -0.492 e. The van der Waals surface area contributed by atoms with Crippen LogP contribution in [-0.2, 0) is 0 Å². The first kappa shape index (κ1) is 17.3. The van der Waals surface area contributed by atoms with Crippen LogP contribution in [0.2, 0.25) is 5.02 Å². The van der Waals surface area contributed by atoms with Crippen molar-refractivity contribution < 1.29 is 9.13 Å². The van der Waals surface area contributed by atoms with E-state index in [9.17, 15) is 4.39 Å². The van der Waals surface area contributed by atoms with Crippen LogP contribution >= 0.6 is 11.6 Å². The molecule has 0 spiro atoms. The monoisotopic (exact) mass is 397 g/mol. The molecule has 1 unspecified atom stereocenters. The van der Waals surface area contributed by atoms with Gasteiger partial charge in [-0.2, -0.15) is 0 Å². The third-order valence-electron chi connectivity index (χ3n) is 5.49. The van der Waals surface area contributed by atoms with Gasteiger partial charge in [-0.15, -0.1) is 0 Å². The molecule has 8 heteroatoms. The van der Waals surface area contributed by atoms with E-state index in [1.807, 2.05) is 6.07 Å². The van der Waals surface area contributed by atoms with E-state index in [0.29, 0.717) is 46.4 Å². The van der Waals surface area contributed by atoms with Crippen LogP contribution in [-0.4, -0.2) is 39.6 Å². The number of anilines is 1. The lowest BCUT2D eigenvalue weighted by atomic mass is 10.2. The zero-order valence-electron chi connectivity index (χ0n) is 14.9. The van der Waals surface area contributed by atoms with Crippen molar-refractivity contribution in [1.29, 1.82) is 0 Å². The van der Waals surface area contributed by atoms with Crippen molar-refractivity contribution in [3.8, 4) is 17.0 Å². The Morgan fingerprint density at radius 3 is 2.50 bits per heavy atom. The molecule has 0 amide bonds. The Morgan fingerprint density at radius 2 is 1.82 bits per heavy atom. The summed E-state index contributed by atoms with van der Waals surface area (Å²) in [6, 6.07) is 5.20. The van der Waals surface area contributed by atoms with E-state index in [1.165, 1.54) is 6.20 Å². The molecule has 5 rings (SSSR count). The maximum Gasteiger partial charge on any atom is 0.225 e. The van der Waals surface area contributed by atoms with Crippen LogP contribution in [0.3, 0.4) is 0 Å².